The van der Waals surface area contributed by atoms with Crippen LogP contribution >= 0.6 is 0 Å². The lowest BCUT2D eigenvalue weighted by Gasteiger charge is -2.31. The average molecular weight is 249 g/mol. The fourth-order valence-corrected chi connectivity index (χ4v) is 2.32. The van der Waals surface area contributed by atoms with E-state index in [1.165, 1.54) is 18.4 Å². The lowest BCUT2D eigenvalue weighted by molar-refractivity contribution is 0.0915. The summed E-state index contributed by atoms with van der Waals surface area (Å²) in [6.07, 6.45) is 3.40. The molecular weight excluding hydrogens is 226 g/mol. The molecule has 1 unspecified atom stereocenters. The van der Waals surface area contributed by atoms with Crippen LogP contribution in [0.2, 0.25) is 0 Å². The molecule has 0 saturated heterocycles. The zero-order chi connectivity index (χ0) is 13.0. The first-order valence-electron chi connectivity index (χ1n) is 6.75. The van der Waals surface area contributed by atoms with Gasteiger partial charge in [0.2, 0.25) is 0 Å². The van der Waals surface area contributed by atoms with Crippen LogP contribution in [0.3, 0.4) is 0 Å². The second-order valence-electron chi connectivity index (χ2n) is 5.12. The van der Waals surface area contributed by atoms with E-state index in [9.17, 15) is 5.11 Å². The van der Waals surface area contributed by atoms with E-state index >= 15 is 0 Å². The van der Waals surface area contributed by atoms with Crippen molar-refractivity contribution < 1.29 is 9.84 Å². The standard InChI is InChI=1S/C15H23NO2/c1-3-12-4-8-14(9-5-12)18-11-15(10-17,16-2)13-6-7-13/h4-5,8-9,13,16-17H,3,6-7,10-11H2,1-2H3. The summed E-state index contributed by atoms with van der Waals surface area (Å²) in [7, 11) is 1.90. The molecule has 0 aliphatic heterocycles. The minimum absolute atomic E-state index is 0.126. The molecule has 0 radical (unpaired) electrons. The van der Waals surface area contributed by atoms with Crippen molar-refractivity contribution in [3.05, 3.63) is 29.8 Å². The molecule has 1 aromatic rings. The molecule has 0 heterocycles. The predicted molar refractivity (Wildman–Crippen MR) is 72.9 cm³/mol. The van der Waals surface area contributed by atoms with E-state index in [-0.39, 0.29) is 12.1 Å². The van der Waals surface area contributed by atoms with Gasteiger partial charge < -0.3 is 15.2 Å². The Balaban J connectivity index is 1.96. The normalized spacial score (nSPS) is 18.4. The van der Waals surface area contributed by atoms with Crippen LogP contribution in [-0.4, -0.2) is 30.9 Å². The molecule has 0 bridgehead atoms. The zero-order valence-electron chi connectivity index (χ0n) is 11.3. The van der Waals surface area contributed by atoms with E-state index in [0.717, 1.165) is 12.2 Å². The Bertz CT molecular complexity index is 367. The van der Waals surface area contributed by atoms with Gasteiger partial charge in [0.1, 0.15) is 12.4 Å². The van der Waals surface area contributed by atoms with Crippen molar-refractivity contribution in [2.24, 2.45) is 5.92 Å². The summed E-state index contributed by atoms with van der Waals surface area (Å²) in [6.45, 7) is 2.79. The highest BCUT2D eigenvalue weighted by atomic mass is 16.5. The van der Waals surface area contributed by atoms with Crippen LogP contribution < -0.4 is 10.1 Å². The van der Waals surface area contributed by atoms with Gasteiger partial charge in [-0.25, -0.2) is 0 Å². The zero-order valence-corrected chi connectivity index (χ0v) is 11.3. The third-order valence-electron chi connectivity index (χ3n) is 3.97. The quantitative estimate of drug-likeness (QED) is 0.776. The molecule has 18 heavy (non-hydrogen) atoms. The molecule has 1 fully saturated rings. The number of ether oxygens (including phenoxy) is 1. The molecular formula is C15H23NO2. The van der Waals surface area contributed by atoms with E-state index in [4.69, 9.17) is 4.74 Å². The number of rotatable bonds is 7. The van der Waals surface area contributed by atoms with Crippen LogP contribution in [0.25, 0.3) is 0 Å². The molecule has 3 heteroatoms. The number of aliphatic hydroxyl groups excluding tert-OH is 1. The van der Waals surface area contributed by atoms with Crippen molar-refractivity contribution in [2.45, 2.75) is 31.7 Å². The Hall–Kier alpha value is -1.06. The van der Waals surface area contributed by atoms with Gasteiger partial charge in [-0.1, -0.05) is 19.1 Å². The lowest BCUT2D eigenvalue weighted by Crippen LogP contribution is -2.53. The number of likely N-dealkylation sites (N-methyl/N-ethyl adjacent to an activating group) is 1. The van der Waals surface area contributed by atoms with Crippen LogP contribution in [0.4, 0.5) is 0 Å². The Morgan fingerprint density at radius 3 is 2.44 bits per heavy atom. The van der Waals surface area contributed by atoms with E-state index in [1.54, 1.807) is 0 Å². The second kappa shape index (κ2) is 5.72. The monoisotopic (exact) mass is 249 g/mol. The van der Waals surface area contributed by atoms with Gasteiger partial charge in [-0.15, -0.1) is 0 Å². The molecule has 1 aliphatic rings. The molecule has 100 valence electrons. The van der Waals surface area contributed by atoms with Crippen LogP contribution in [0, 0.1) is 5.92 Å². The van der Waals surface area contributed by atoms with Crippen molar-refractivity contribution in [1.29, 1.82) is 0 Å². The number of hydrogen-bond acceptors (Lipinski definition) is 3. The molecule has 0 aromatic heterocycles. The summed E-state index contributed by atoms with van der Waals surface area (Å²) in [5.41, 5.74) is 1.04. The molecule has 1 atom stereocenters. The van der Waals surface area contributed by atoms with Crippen molar-refractivity contribution in [3.63, 3.8) is 0 Å². The van der Waals surface area contributed by atoms with Gasteiger partial charge in [0.05, 0.1) is 12.1 Å². The Morgan fingerprint density at radius 2 is 2.00 bits per heavy atom. The van der Waals surface area contributed by atoms with E-state index in [0.29, 0.717) is 12.5 Å². The lowest BCUT2D eigenvalue weighted by atomic mass is 9.95. The maximum absolute atomic E-state index is 9.60. The van der Waals surface area contributed by atoms with Gasteiger partial charge in [-0.05, 0) is 49.9 Å². The maximum Gasteiger partial charge on any atom is 0.119 e. The molecule has 2 N–H and O–H groups in total. The van der Waals surface area contributed by atoms with Crippen LogP contribution in [0.15, 0.2) is 24.3 Å². The van der Waals surface area contributed by atoms with Crippen molar-refractivity contribution in [2.75, 3.05) is 20.3 Å². The maximum atomic E-state index is 9.60. The van der Waals surface area contributed by atoms with Gasteiger partial charge in [0.25, 0.3) is 0 Å². The van der Waals surface area contributed by atoms with E-state index in [1.807, 2.05) is 19.2 Å². The van der Waals surface area contributed by atoms with E-state index < -0.39 is 0 Å². The highest BCUT2D eigenvalue weighted by Crippen LogP contribution is 2.39. The van der Waals surface area contributed by atoms with Gasteiger partial charge in [0, 0.05) is 0 Å². The number of aliphatic hydroxyl groups is 1. The van der Waals surface area contributed by atoms with E-state index in [2.05, 4.69) is 24.4 Å². The molecule has 2 rings (SSSR count). The molecule has 0 spiro atoms. The number of hydrogen-bond donors (Lipinski definition) is 2. The van der Waals surface area contributed by atoms with Crippen LogP contribution in [-0.2, 0) is 6.42 Å². The number of aryl methyl sites for hydroxylation is 1. The first-order chi connectivity index (χ1) is 8.74. The highest BCUT2D eigenvalue weighted by molar-refractivity contribution is 5.27. The van der Waals surface area contributed by atoms with Gasteiger partial charge in [-0.3, -0.25) is 0 Å². The third kappa shape index (κ3) is 2.85. The smallest absolute Gasteiger partial charge is 0.119 e. The SMILES string of the molecule is CCc1ccc(OCC(CO)(NC)C2CC2)cc1. The molecule has 1 saturated carbocycles. The summed E-state index contributed by atoms with van der Waals surface area (Å²) in [5.74, 6) is 1.42. The van der Waals surface area contributed by atoms with Gasteiger partial charge in [0.15, 0.2) is 0 Å². The molecule has 1 aromatic carbocycles. The number of benzene rings is 1. The van der Waals surface area contributed by atoms with Gasteiger partial charge in [-0.2, -0.15) is 0 Å². The van der Waals surface area contributed by atoms with Crippen molar-refractivity contribution in [1.82, 2.24) is 5.32 Å². The average Bonchev–Trinajstić information content (AvgIpc) is 3.26. The molecule has 0 amide bonds. The van der Waals surface area contributed by atoms with Crippen LogP contribution in [0.5, 0.6) is 5.75 Å². The topological polar surface area (TPSA) is 41.5 Å². The summed E-state index contributed by atoms with van der Waals surface area (Å²) < 4.78 is 5.83. The summed E-state index contributed by atoms with van der Waals surface area (Å²) in [6, 6.07) is 8.19. The fourth-order valence-electron chi connectivity index (χ4n) is 2.32. The van der Waals surface area contributed by atoms with Crippen molar-refractivity contribution >= 4 is 0 Å². The first kappa shape index (κ1) is 13.4. The van der Waals surface area contributed by atoms with Crippen molar-refractivity contribution in [3.8, 4) is 5.75 Å². The largest absolute Gasteiger partial charge is 0.492 e. The minimum Gasteiger partial charge on any atom is -0.492 e. The summed E-state index contributed by atoms with van der Waals surface area (Å²) >= 11 is 0. The fraction of sp³-hybridized carbons (Fsp3) is 0.600. The minimum atomic E-state index is -0.274. The molecule has 1 aliphatic carbocycles. The van der Waals surface area contributed by atoms with Crippen LogP contribution in [0.1, 0.15) is 25.3 Å². The number of nitrogens with one attached hydrogen (secondary N) is 1. The Kier molecular flexibility index (Phi) is 4.25. The third-order valence-corrected chi connectivity index (χ3v) is 3.97. The van der Waals surface area contributed by atoms with Gasteiger partial charge >= 0.3 is 0 Å². The summed E-state index contributed by atoms with van der Waals surface area (Å²) in [4.78, 5) is 0. The second-order valence-corrected chi connectivity index (χ2v) is 5.12. The predicted octanol–water partition coefficient (Wildman–Crippen LogP) is 1.99. The highest BCUT2D eigenvalue weighted by Gasteiger charge is 2.44. The Morgan fingerprint density at radius 1 is 1.33 bits per heavy atom. The summed E-state index contributed by atoms with van der Waals surface area (Å²) in [5, 5.41) is 12.8. The molecule has 3 nitrogen and oxygen atoms in total. The Labute approximate surface area is 109 Å². The first-order valence-corrected chi connectivity index (χ1v) is 6.75.